The Bertz CT molecular complexity index is 1460. The number of hydrogen-bond donors (Lipinski definition) is 0. The zero-order valence-corrected chi connectivity index (χ0v) is 31.8. The van der Waals surface area contributed by atoms with Crippen molar-refractivity contribution in [1.82, 2.24) is 14.5 Å². The molecule has 1 saturated heterocycles. The summed E-state index contributed by atoms with van der Waals surface area (Å²) in [6, 6.07) is -0.348. The molecule has 2 aliphatic heterocycles. The van der Waals surface area contributed by atoms with Gasteiger partial charge in [-0.05, 0) is 79.6 Å². The van der Waals surface area contributed by atoms with Crippen LogP contribution in [0.3, 0.4) is 0 Å². The highest BCUT2D eigenvalue weighted by atomic mass is 19.1. The zero-order valence-electron chi connectivity index (χ0n) is 31.8. The van der Waals surface area contributed by atoms with Crippen molar-refractivity contribution < 1.29 is 56.8 Å². The van der Waals surface area contributed by atoms with Crippen molar-refractivity contribution >= 4 is 29.6 Å². The lowest BCUT2D eigenvalue weighted by atomic mass is 9.76. The molecule has 0 aliphatic carbocycles. The first-order chi connectivity index (χ1) is 23.6. The number of nitrogens with zero attached hydrogens (tertiary/aromatic N) is 3. The molecule has 0 aromatic carbocycles. The number of likely N-dealkylation sites (N-methyl/N-ethyl adjacent to an activating group) is 1. The van der Waals surface area contributed by atoms with Gasteiger partial charge in [-0.1, -0.05) is 20.8 Å². The summed E-state index contributed by atoms with van der Waals surface area (Å²) >= 11 is 0. The minimum atomic E-state index is -3.22. The molecule has 1 aromatic heterocycles. The summed E-state index contributed by atoms with van der Waals surface area (Å²) in [6.45, 7) is 13.2. The van der Waals surface area contributed by atoms with Crippen molar-refractivity contribution in [3.63, 3.8) is 0 Å². The Kier molecular flexibility index (Phi) is 13.5. The largest absolute Gasteiger partial charge is 0.455 e. The fourth-order valence-corrected chi connectivity index (χ4v) is 7.11. The summed E-state index contributed by atoms with van der Waals surface area (Å²) < 4.78 is 53.6. The van der Waals surface area contributed by atoms with Crippen LogP contribution in [0.1, 0.15) is 81.6 Å². The maximum Gasteiger partial charge on any atom is 0.420 e. The van der Waals surface area contributed by atoms with Gasteiger partial charge < -0.3 is 33.3 Å². The van der Waals surface area contributed by atoms with E-state index in [2.05, 4.69) is 4.98 Å². The molecule has 51 heavy (non-hydrogen) atoms. The first kappa shape index (κ1) is 41.9. The quantitative estimate of drug-likeness (QED) is 0.224. The second-order valence-corrected chi connectivity index (χ2v) is 14.5. The van der Waals surface area contributed by atoms with Crippen LogP contribution < -0.4 is 0 Å². The lowest BCUT2D eigenvalue weighted by Gasteiger charge is -2.47. The molecule has 0 spiro atoms. The minimum absolute atomic E-state index is 0.0159. The van der Waals surface area contributed by atoms with Gasteiger partial charge in [0, 0.05) is 38.3 Å². The van der Waals surface area contributed by atoms with Gasteiger partial charge >= 0.3 is 18.0 Å². The van der Waals surface area contributed by atoms with Crippen LogP contribution in [0.15, 0.2) is 30.4 Å². The molecule has 15 heteroatoms. The maximum absolute atomic E-state index is 16.7. The number of ketones is 2. The van der Waals surface area contributed by atoms with Crippen LogP contribution in [0.4, 0.5) is 9.18 Å². The van der Waals surface area contributed by atoms with Crippen molar-refractivity contribution in [2.45, 2.75) is 135 Å². The van der Waals surface area contributed by atoms with Crippen molar-refractivity contribution in [2.75, 3.05) is 21.2 Å². The smallest absolute Gasteiger partial charge is 0.420 e. The number of imidazole rings is 1. The summed E-state index contributed by atoms with van der Waals surface area (Å²) in [7, 11) is 5.01. The third-order valence-corrected chi connectivity index (χ3v) is 9.95. The number of carbonyl (C=O) groups is 5. The zero-order chi connectivity index (χ0) is 38.6. The van der Waals surface area contributed by atoms with Crippen molar-refractivity contribution in [1.29, 1.82) is 0 Å². The molecule has 3 rings (SSSR count). The normalized spacial score (nSPS) is 37.3. The van der Waals surface area contributed by atoms with Gasteiger partial charge in [0.15, 0.2) is 29.6 Å². The van der Waals surface area contributed by atoms with E-state index in [0.29, 0.717) is 6.42 Å². The van der Waals surface area contributed by atoms with E-state index < -0.39 is 77.1 Å². The number of cyclic esters (lactones) is 1. The maximum atomic E-state index is 16.7. The summed E-state index contributed by atoms with van der Waals surface area (Å²) in [6.07, 6.45) is -0.343. The second-order valence-electron chi connectivity index (χ2n) is 14.5. The van der Waals surface area contributed by atoms with E-state index in [4.69, 9.17) is 28.4 Å². The van der Waals surface area contributed by atoms with E-state index in [1.807, 2.05) is 25.9 Å². The highest BCUT2D eigenvalue weighted by molar-refractivity contribution is 6.08. The molecule has 11 atom stereocenters. The molecule has 1 fully saturated rings. The lowest BCUT2D eigenvalue weighted by molar-refractivity contribution is -0.298. The number of Topliss-reactive ketones (excluding diaryl/α,β-unsaturated/α-hetero) is 2. The van der Waals surface area contributed by atoms with Crippen LogP contribution in [-0.4, -0.2) is 119 Å². The number of methoxy groups -OCH3 is 1. The van der Waals surface area contributed by atoms with Crippen LogP contribution in [-0.2, 0) is 47.6 Å². The molecular weight excluding hydrogens is 669 g/mol. The highest BCUT2D eigenvalue weighted by Crippen LogP contribution is 2.39. The monoisotopic (exact) mass is 723 g/mol. The molecule has 14 nitrogen and oxygen atoms in total. The number of rotatable bonds is 7. The molecule has 0 amide bonds. The Morgan fingerprint density at radius 1 is 1.14 bits per heavy atom. The van der Waals surface area contributed by atoms with Gasteiger partial charge in [-0.15, -0.1) is 0 Å². The molecule has 3 heterocycles. The third-order valence-electron chi connectivity index (χ3n) is 9.95. The molecule has 7 unspecified atom stereocenters. The Morgan fingerprint density at radius 2 is 1.78 bits per heavy atom. The molecule has 0 bridgehead atoms. The van der Waals surface area contributed by atoms with Crippen LogP contribution in [0.5, 0.6) is 0 Å². The molecular formula is C36H54FN3O11. The van der Waals surface area contributed by atoms with Gasteiger partial charge in [0.05, 0.1) is 23.9 Å². The van der Waals surface area contributed by atoms with E-state index in [1.165, 1.54) is 59.6 Å². The average molecular weight is 724 g/mol. The van der Waals surface area contributed by atoms with Crippen LogP contribution in [0.25, 0.3) is 0 Å². The molecule has 0 radical (unpaired) electrons. The second kappa shape index (κ2) is 16.4. The van der Waals surface area contributed by atoms with Crippen molar-refractivity contribution in [2.24, 2.45) is 11.8 Å². The van der Waals surface area contributed by atoms with Crippen LogP contribution in [0.2, 0.25) is 0 Å². The van der Waals surface area contributed by atoms with Gasteiger partial charge in [-0.25, -0.2) is 23.5 Å². The van der Waals surface area contributed by atoms with Gasteiger partial charge in [0.25, 0.3) is 5.67 Å². The summed E-state index contributed by atoms with van der Waals surface area (Å²) in [4.78, 5) is 72.9. The Hall–Kier alpha value is -3.53. The molecule has 2 aliphatic rings. The van der Waals surface area contributed by atoms with Crippen LogP contribution >= 0.6 is 0 Å². The Balaban J connectivity index is 2.18. The third kappa shape index (κ3) is 9.29. The number of carbonyl (C=O) groups excluding carboxylic acids is 5. The van der Waals surface area contributed by atoms with Crippen molar-refractivity contribution in [3.8, 4) is 0 Å². The summed E-state index contributed by atoms with van der Waals surface area (Å²) in [5.74, 6) is -5.83. The number of aromatic nitrogens is 2. The van der Waals surface area contributed by atoms with E-state index >= 15 is 4.39 Å². The predicted molar refractivity (Wildman–Crippen MR) is 181 cm³/mol. The molecule has 286 valence electrons. The summed E-state index contributed by atoms with van der Waals surface area (Å²) in [5, 5.41) is 0. The van der Waals surface area contributed by atoms with Crippen LogP contribution in [0, 0.1) is 11.8 Å². The fourth-order valence-electron chi connectivity index (χ4n) is 7.11. The number of alkyl halides is 1. The average Bonchev–Trinajstić information content (AvgIpc) is 3.60. The van der Waals surface area contributed by atoms with Gasteiger partial charge in [0.1, 0.15) is 12.4 Å². The molecule has 1 aromatic rings. The topological polar surface area (TPSA) is 162 Å². The highest BCUT2D eigenvalue weighted by Gasteiger charge is 2.55. The van der Waals surface area contributed by atoms with E-state index in [1.54, 1.807) is 20.8 Å². The number of hydrogen-bond acceptors (Lipinski definition) is 13. The number of allylic oxidation sites excluding steroid dienone is 1. The molecule has 0 N–H and O–H groups in total. The Labute approximate surface area is 299 Å². The molecule has 0 saturated carbocycles. The van der Waals surface area contributed by atoms with E-state index in [-0.39, 0.29) is 36.3 Å². The van der Waals surface area contributed by atoms with Crippen molar-refractivity contribution in [3.05, 3.63) is 30.4 Å². The lowest BCUT2D eigenvalue weighted by Crippen LogP contribution is -2.61. The van der Waals surface area contributed by atoms with Gasteiger partial charge in [-0.3, -0.25) is 14.4 Å². The number of esters is 2. The number of halogens is 1. The fraction of sp³-hybridized carbons (Fsp3) is 0.722. The first-order valence-corrected chi connectivity index (χ1v) is 17.2. The van der Waals surface area contributed by atoms with Gasteiger partial charge in [0.2, 0.25) is 0 Å². The minimum Gasteiger partial charge on any atom is -0.455 e. The van der Waals surface area contributed by atoms with Gasteiger partial charge in [-0.2, -0.15) is 0 Å². The predicted octanol–water partition coefficient (Wildman–Crippen LogP) is 4.22. The first-order valence-electron chi connectivity index (χ1n) is 17.2. The van der Waals surface area contributed by atoms with E-state index in [0.717, 1.165) is 11.5 Å². The SMILES string of the molecule is CCC1OC(=O)C(C)(F)C(=O)C(C)C(O[C@@H]2O[C@H](C)C[C@H](N(C)C)[C@H]2OC(C)=O)C(C)(OC)CC(C)C(=O)C(C)=CC1(C)OC(=O)n1ccnc1. The standard InChI is InChI=1S/C36H54FN3O11/c1-13-26-34(7,51-33(45)40-15-14-38-19-40)17-20(2)27(42)21(3)18-35(8,46-12)30(23(5)29(43)36(9,37)32(44)49-26)50-31-28(48-24(6)41)25(39(10)11)16-22(4)47-31/h14-15,17,19,21-23,25-26,28,30-31H,13,16,18H2,1-12H3/t21?,22-,23?,25+,26?,28-,30?,31+,34?,35?,36?/m1/s1. The Morgan fingerprint density at radius 3 is 2.31 bits per heavy atom. The summed E-state index contributed by atoms with van der Waals surface area (Å²) in [5.41, 5.74) is -6.30. The number of ether oxygens (including phenoxy) is 6. The van der Waals surface area contributed by atoms with E-state index in [9.17, 15) is 24.0 Å².